The van der Waals surface area contributed by atoms with E-state index in [9.17, 15) is 4.79 Å². The second-order valence-electron chi connectivity index (χ2n) is 3.01. The molecule has 1 atom stereocenters. The average Bonchev–Trinajstić information content (AvgIpc) is 2.09. The summed E-state index contributed by atoms with van der Waals surface area (Å²) in [6, 6.07) is 4.55. The van der Waals surface area contributed by atoms with Gasteiger partial charge >= 0.3 is 0 Å². The predicted octanol–water partition coefficient (Wildman–Crippen LogP) is 1.21. The van der Waals surface area contributed by atoms with Crippen molar-refractivity contribution in [1.29, 1.82) is 0 Å². The Hall–Kier alpha value is -1.42. The van der Waals surface area contributed by atoms with Gasteiger partial charge in [-0.3, -0.25) is 4.79 Å². The first kappa shape index (κ1) is 10.7. The second-order valence-corrected chi connectivity index (χ2v) is 3.41. The highest BCUT2D eigenvalue weighted by Gasteiger charge is 2.09. The number of anilines is 2. The molecule has 0 aliphatic carbocycles. The zero-order chi connectivity index (χ0) is 10.7. The van der Waals surface area contributed by atoms with Gasteiger partial charge in [-0.25, -0.2) is 0 Å². The maximum atomic E-state index is 10.8. The van der Waals surface area contributed by atoms with Crippen LogP contribution >= 0.6 is 11.6 Å². The predicted molar refractivity (Wildman–Crippen MR) is 58.1 cm³/mol. The lowest BCUT2D eigenvalue weighted by molar-refractivity contribution is -0.118. The first-order chi connectivity index (χ1) is 6.50. The minimum atomic E-state index is -0.462. The third-order valence-electron chi connectivity index (χ3n) is 1.79. The van der Waals surface area contributed by atoms with E-state index >= 15 is 0 Å². The number of hydrogen-bond donors (Lipinski definition) is 3. The quantitative estimate of drug-likeness (QED) is 0.660. The molecule has 1 unspecified atom stereocenters. The summed E-state index contributed by atoms with van der Waals surface area (Å²) < 4.78 is 0. The summed E-state index contributed by atoms with van der Waals surface area (Å²) in [5.41, 5.74) is 11.8. The van der Waals surface area contributed by atoms with Crippen LogP contribution in [0.3, 0.4) is 0 Å². The molecule has 0 saturated carbocycles. The largest absolute Gasteiger partial charge is 0.399 e. The average molecular weight is 214 g/mol. The number of nitrogens with one attached hydrogen (secondary N) is 1. The highest BCUT2D eigenvalue weighted by Crippen LogP contribution is 2.24. The van der Waals surface area contributed by atoms with E-state index in [1.165, 1.54) is 0 Å². The molecule has 1 amide bonds. The molecule has 0 aliphatic heterocycles. The van der Waals surface area contributed by atoms with Crippen LogP contribution in [0.15, 0.2) is 18.2 Å². The van der Waals surface area contributed by atoms with Gasteiger partial charge in [-0.2, -0.15) is 0 Å². The highest BCUT2D eigenvalue weighted by atomic mass is 35.5. The molecule has 5 N–H and O–H groups in total. The Morgan fingerprint density at radius 3 is 2.71 bits per heavy atom. The van der Waals surface area contributed by atoms with Gasteiger partial charge in [0.05, 0.1) is 10.7 Å². The third kappa shape index (κ3) is 2.53. The zero-order valence-corrected chi connectivity index (χ0v) is 8.51. The molecule has 0 aliphatic rings. The Morgan fingerprint density at radius 1 is 1.57 bits per heavy atom. The molecule has 0 bridgehead atoms. The van der Waals surface area contributed by atoms with Crippen molar-refractivity contribution in [3.8, 4) is 0 Å². The van der Waals surface area contributed by atoms with Crippen LogP contribution in [-0.2, 0) is 4.79 Å². The summed E-state index contributed by atoms with van der Waals surface area (Å²) in [7, 11) is 0. The summed E-state index contributed by atoms with van der Waals surface area (Å²) in [6.45, 7) is 1.66. The van der Waals surface area contributed by atoms with Gasteiger partial charge in [-0.1, -0.05) is 11.6 Å². The maximum Gasteiger partial charge on any atom is 0.239 e. The van der Waals surface area contributed by atoms with Crippen molar-refractivity contribution in [3.05, 3.63) is 23.2 Å². The van der Waals surface area contributed by atoms with Gasteiger partial charge in [0.1, 0.15) is 6.04 Å². The third-order valence-corrected chi connectivity index (χ3v) is 2.10. The fourth-order valence-electron chi connectivity index (χ4n) is 0.953. The lowest BCUT2D eigenvalue weighted by Crippen LogP contribution is -2.32. The Labute approximate surface area is 87.2 Å². The molecule has 5 heteroatoms. The van der Waals surface area contributed by atoms with Crippen LogP contribution in [0.5, 0.6) is 0 Å². The van der Waals surface area contributed by atoms with E-state index in [0.717, 1.165) is 0 Å². The molecule has 1 aromatic rings. The number of carbonyl (C=O) groups excluding carboxylic acids is 1. The van der Waals surface area contributed by atoms with E-state index < -0.39 is 11.9 Å². The SMILES string of the molecule is CC(Nc1ccc(N)cc1Cl)C(N)=O. The van der Waals surface area contributed by atoms with Crippen molar-refractivity contribution in [1.82, 2.24) is 0 Å². The van der Waals surface area contributed by atoms with Crippen molar-refractivity contribution in [2.24, 2.45) is 5.73 Å². The van der Waals surface area contributed by atoms with Crippen LogP contribution in [0.1, 0.15) is 6.92 Å². The Balaban J connectivity index is 2.82. The summed E-state index contributed by atoms with van der Waals surface area (Å²) in [6.07, 6.45) is 0. The summed E-state index contributed by atoms with van der Waals surface area (Å²) in [4.78, 5) is 10.8. The van der Waals surface area contributed by atoms with Gasteiger partial charge in [-0.15, -0.1) is 0 Å². The summed E-state index contributed by atoms with van der Waals surface area (Å²) >= 11 is 5.88. The van der Waals surface area contributed by atoms with Crippen molar-refractivity contribution >= 4 is 28.9 Å². The van der Waals surface area contributed by atoms with Gasteiger partial charge in [0.25, 0.3) is 0 Å². The molecule has 0 radical (unpaired) electrons. The molecule has 1 aromatic carbocycles. The topological polar surface area (TPSA) is 81.1 Å². The molecule has 0 spiro atoms. The van der Waals surface area contributed by atoms with Crippen LogP contribution in [0.4, 0.5) is 11.4 Å². The van der Waals surface area contributed by atoms with E-state index in [1.54, 1.807) is 25.1 Å². The monoisotopic (exact) mass is 213 g/mol. The minimum Gasteiger partial charge on any atom is -0.399 e. The first-order valence-corrected chi connectivity index (χ1v) is 4.49. The van der Waals surface area contributed by atoms with Crippen molar-refractivity contribution in [2.45, 2.75) is 13.0 Å². The van der Waals surface area contributed by atoms with E-state index in [1.807, 2.05) is 0 Å². The van der Waals surface area contributed by atoms with Crippen LogP contribution in [0.25, 0.3) is 0 Å². The number of amides is 1. The normalized spacial score (nSPS) is 12.1. The standard InChI is InChI=1S/C9H12ClN3O/c1-5(9(12)14)13-8-3-2-6(11)4-7(8)10/h2-5,13H,11H2,1H3,(H2,12,14). The molecule has 14 heavy (non-hydrogen) atoms. The molecule has 0 heterocycles. The fraction of sp³-hybridized carbons (Fsp3) is 0.222. The molecular weight excluding hydrogens is 202 g/mol. The van der Waals surface area contributed by atoms with E-state index in [-0.39, 0.29) is 0 Å². The van der Waals surface area contributed by atoms with E-state index in [4.69, 9.17) is 23.1 Å². The lowest BCUT2D eigenvalue weighted by atomic mass is 10.2. The van der Waals surface area contributed by atoms with Gasteiger partial charge in [-0.05, 0) is 25.1 Å². The van der Waals surface area contributed by atoms with Gasteiger partial charge in [0, 0.05) is 5.69 Å². The Morgan fingerprint density at radius 2 is 2.21 bits per heavy atom. The van der Waals surface area contributed by atoms with Crippen LogP contribution < -0.4 is 16.8 Å². The van der Waals surface area contributed by atoms with Crippen LogP contribution in [-0.4, -0.2) is 11.9 Å². The first-order valence-electron chi connectivity index (χ1n) is 4.11. The molecule has 0 saturated heterocycles. The number of nitrogens with two attached hydrogens (primary N) is 2. The number of primary amides is 1. The number of carbonyl (C=O) groups is 1. The maximum absolute atomic E-state index is 10.8. The fourth-order valence-corrected chi connectivity index (χ4v) is 1.20. The van der Waals surface area contributed by atoms with Crippen molar-refractivity contribution < 1.29 is 4.79 Å². The van der Waals surface area contributed by atoms with Crippen molar-refractivity contribution in [2.75, 3.05) is 11.1 Å². The molecule has 4 nitrogen and oxygen atoms in total. The van der Waals surface area contributed by atoms with Crippen molar-refractivity contribution in [3.63, 3.8) is 0 Å². The van der Waals surface area contributed by atoms with Gasteiger partial charge in [0.2, 0.25) is 5.91 Å². The van der Waals surface area contributed by atoms with Gasteiger partial charge < -0.3 is 16.8 Å². The Kier molecular flexibility index (Phi) is 3.19. The number of benzene rings is 1. The number of rotatable bonds is 3. The lowest BCUT2D eigenvalue weighted by Gasteiger charge is -2.13. The molecule has 0 fully saturated rings. The van der Waals surface area contributed by atoms with Gasteiger partial charge in [0.15, 0.2) is 0 Å². The molecule has 1 rings (SSSR count). The smallest absolute Gasteiger partial charge is 0.239 e. The van der Waals surface area contributed by atoms with Crippen LogP contribution in [0, 0.1) is 0 Å². The zero-order valence-electron chi connectivity index (χ0n) is 7.75. The molecular formula is C9H12ClN3O. The number of nitrogen functional groups attached to an aromatic ring is 1. The number of hydrogen-bond acceptors (Lipinski definition) is 3. The molecule has 76 valence electrons. The summed E-state index contributed by atoms with van der Waals surface area (Å²) in [5, 5.41) is 3.35. The Bertz CT molecular complexity index is 354. The molecule has 0 aromatic heterocycles. The highest BCUT2D eigenvalue weighted by molar-refractivity contribution is 6.33. The number of halogens is 1. The second kappa shape index (κ2) is 4.19. The minimum absolute atomic E-state index is 0.433. The van der Waals surface area contributed by atoms with E-state index in [0.29, 0.717) is 16.4 Å². The summed E-state index contributed by atoms with van der Waals surface area (Å²) in [5.74, 6) is -0.433. The van der Waals surface area contributed by atoms with E-state index in [2.05, 4.69) is 5.32 Å². The van der Waals surface area contributed by atoms with Crippen LogP contribution in [0.2, 0.25) is 5.02 Å².